The molecule has 0 aromatic rings. The summed E-state index contributed by atoms with van der Waals surface area (Å²) < 4.78 is 0. The zero-order valence-electron chi connectivity index (χ0n) is 2.29. The van der Waals surface area contributed by atoms with Crippen molar-refractivity contribution < 1.29 is 33.5 Å². The molecule has 0 aromatic heterocycles. The Bertz CT molecular complexity index is 6.85. The van der Waals surface area contributed by atoms with Crippen LogP contribution in [0, 0.1) is 0 Å². The molecule has 0 amide bonds. The number of rotatable bonds is 0. The Morgan fingerprint density at radius 3 is 0.600 bits per heavy atom. The predicted molar refractivity (Wildman–Crippen MR) is 18.1 cm³/mol. The Morgan fingerprint density at radius 2 is 0.600 bits per heavy atom. The molecule has 5 heavy (non-hydrogen) atoms. The van der Waals surface area contributed by atoms with Crippen LogP contribution in [0.4, 0.5) is 0 Å². The summed E-state index contributed by atoms with van der Waals surface area (Å²) in [6.07, 6.45) is 0. The monoisotopic (exact) mass is 145 g/mol. The zero-order chi connectivity index (χ0) is 0. The molecule has 5 heteroatoms. The first kappa shape index (κ1) is 263. The van der Waals surface area contributed by atoms with Crippen molar-refractivity contribution in [2.45, 2.75) is 0 Å². The van der Waals surface area contributed by atoms with Gasteiger partial charge in [-0.05, 0) is 0 Å². The second kappa shape index (κ2) is 134. The van der Waals surface area contributed by atoms with Crippen molar-refractivity contribution in [3.05, 3.63) is 0 Å². The molecule has 0 saturated carbocycles. The summed E-state index contributed by atoms with van der Waals surface area (Å²) in [5, 5.41) is 0. The average molecular weight is 145 g/mol. The molecular weight excluding hydrogens is 138 g/mol. The molecule has 0 fully saturated rings. The van der Waals surface area contributed by atoms with E-state index in [1.165, 1.54) is 0 Å². The van der Waals surface area contributed by atoms with E-state index in [1.54, 1.807) is 0 Å². The van der Waals surface area contributed by atoms with Gasteiger partial charge in [-0.3, -0.25) is 0 Å². The summed E-state index contributed by atoms with van der Waals surface area (Å²) in [7, 11) is 0. The van der Waals surface area contributed by atoms with Crippen molar-refractivity contribution in [2.24, 2.45) is 0 Å². The second-order valence-corrected chi connectivity index (χ2v) is 0. The third kappa shape index (κ3) is 71.4. The molecule has 0 aliphatic rings. The van der Waals surface area contributed by atoms with E-state index in [0.29, 0.717) is 0 Å². The standard InChI is InChI=1S/ClH.Mn.3H2O/h1H;;3*1H2. The molecule has 0 aliphatic heterocycles. The maximum atomic E-state index is 0. The first-order chi connectivity index (χ1) is 0. The van der Waals surface area contributed by atoms with Crippen LogP contribution in [0.3, 0.4) is 0 Å². The van der Waals surface area contributed by atoms with Crippen molar-refractivity contribution in [1.29, 1.82) is 0 Å². The van der Waals surface area contributed by atoms with E-state index in [-0.39, 0.29) is 45.9 Å². The third-order valence-electron chi connectivity index (χ3n) is 0. The van der Waals surface area contributed by atoms with Gasteiger partial charge in [0, 0.05) is 17.1 Å². The minimum atomic E-state index is 0. The van der Waals surface area contributed by atoms with Crippen molar-refractivity contribution >= 4 is 12.4 Å². The molecule has 0 unspecified atom stereocenters. The first-order valence-electron chi connectivity index (χ1n) is 0. The largest absolute Gasteiger partial charge is 0.412 e. The second-order valence-electron chi connectivity index (χ2n) is 0. The smallest absolute Gasteiger partial charge is 0 e. The van der Waals surface area contributed by atoms with Crippen LogP contribution in [0.25, 0.3) is 0 Å². The van der Waals surface area contributed by atoms with Crippen LogP contribution in [0.2, 0.25) is 0 Å². The number of hydrogen-bond donors (Lipinski definition) is 0. The summed E-state index contributed by atoms with van der Waals surface area (Å²) in [5.74, 6) is 0. The molecule has 3 nitrogen and oxygen atoms in total. The predicted octanol–water partition coefficient (Wildman–Crippen LogP) is -2.05. The van der Waals surface area contributed by atoms with Gasteiger partial charge in [0.2, 0.25) is 0 Å². The molecule has 0 heterocycles. The average Bonchev–Trinajstić information content (AvgIpc) is 0. The van der Waals surface area contributed by atoms with Gasteiger partial charge in [0.25, 0.3) is 0 Å². The van der Waals surface area contributed by atoms with E-state index < -0.39 is 0 Å². The molecule has 6 N–H and O–H groups in total. The van der Waals surface area contributed by atoms with Crippen LogP contribution in [-0.4, -0.2) is 16.4 Å². The summed E-state index contributed by atoms with van der Waals surface area (Å²) in [6.45, 7) is 0. The van der Waals surface area contributed by atoms with Crippen molar-refractivity contribution in [2.75, 3.05) is 0 Å². The quantitative estimate of drug-likeness (QED) is 0.351. The normalized spacial score (nSPS) is 0. The van der Waals surface area contributed by atoms with E-state index in [4.69, 9.17) is 0 Å². The van der Waals surface area contributed by atoms with Crippen LogP contribution in [0.1, 0.15) is 0 Å². The third-order valence-corrected chi connectivity index (χ3v) is 0. The van der Waals surface area contributed by atoms with Gasteiger partial charge in [-0.25, -0.2) is 0 Å². The van der Waals surface area contributed by atoms with Crippen molar-refractivity contribution in [3.63, 3.8) is 0 Å². The molecule has 0 aromatic carbocycles. The maximum absolute atomic E-state index is 0. The van der Waals surface area contributed by atoms with Crippen LogP contribution >= 0.6 is 12.4 Å². The molecule has 0 bridgehead atoms. The Balaban J connectivity index is 0. The first-order valence-corrected chi connectivity index (χ1v) is 0. The van der Waals surface area contributed by atoms with Gasteiger partial charge in [-0.1, -0.05) is 0 Å². The van der Waals surface area contributed by atoms with E-state index >= 15 is 0 Å². The van der Waals surface area contributed by atoms with Crippen molar-refractivity contribution in [1.82, 2.24) is 0 Å². The fourth-order valence-electron chi connectivity index (χ4n) is 0. The van der Waals surface area contributed by atoms with Crippen LogP contribution in [0.15, 0.2) is 0 Å². The van der Waals surface area contributed by atoms with Gasteiger partial charge in [0.15, 0.2) is 0 Å². The van der Waals surface area contributed by atoms with E-state index in [2.05, 4.69) is 0 Å². The Hall–Kier alpha value is 0.689. The molecule has 0 saturated heterocycles. The fraction of sp³-hybridized carbons (Fsp3) is 0. The maximum Gasteiger partial charge on any atom is 0 e. The molecule has 1 radical (unpaired) electrons. The summed E-state index contributed by atoms with van der Waals surface area (Å²) >= 11 is 0. The fourth-order valence-corrected chi connectivity index (χ4v) is 0. The SMILES string of the molecule is Cl.O.O.O.[Mn]. The van der Waals surface area contributed by atoms with Crippen LogP contribution < -0.4 is 0 Å². The van der Waals surface area contributed by atoms with Gasteiger partial charge < -0.3 is 16.4 Å². The number of hydrogen-bond acceptors (Lipinski definition) is 0. The van der Waals surface area contributed by atoms with E-state index in [9.17, 15) is 0 Å². The van der Waals surface area contributed by atoms with Crippen molar-refractivity contribution in [3.8, 4) is 0 Å². The van der Waals surface area contributed by atoms with Crippen LogP contribution in [-0.2, 0) is 17.1 Å². The number of halogens is 1. The topological polar surface area (TPSA) is 94.5 Å². The molecule has 0 atom stereocenters. The Kier molecular flexibility index (Phi) is 7070. The molecule has 0 spiro atoms. The van der Waals surface area contributed by atoms with Gasteiger partial charge in [-0.15, -0.1) is 12.4 Å². The zero-order valence-corrected chi connectivity index (χ0v) is 4.28. The molecule has 0 rings (SSSR count). The van der Waals surface area contributed by atoms with Gasteiger partial charge >= 0.3 is 0 Å². The molecule has 39 valence electrons. The van der Waals surface area contributed by atoms with E-state index in [0.717, 1.165) is 0 Å². The van der Waals surface area contributed by atoms with Crippen LogP contribution in [0.5, 0.6) is 0 Å². The summed E-state index contributed by atoms with van der Waals surface area (Å²) in [6, 6.07) is 0. The Morgan fingerprint density at radius 1 is 0.600 bits per heavy atom. The van der Waals surface area contributed by atoms with Gasteiger partial charge in [0.1, 0.15) is 0 Å². The minimum Gasteiger partial charge on any atom is -0.412 e. The minimum absolute atomic E-state index is 0. The summed E-state index contributed by atoms with van der Waals surface area (Å²) in [4.78, 5) is 0. The van der Waals surface area contributed by atoms with E-state index in [1.807, 2.05) is 0 Å². The molecular formula is H7ClMnO3. The van der Waals surface area contributed by atoms with Gasteiger partial charge in [-0.2, -0.15) is 0 Å². The Labute approximate surface area is 46.6 Å². The van der Waals surface area contributed by atoms with Gasteiger partial charge in [0.05, 0.1) is 0 Å². The summed E-state index contributed by atoms with van der Waals surface area (Å²) in [5.41, 5.74) is 0. The molecule has 0 aliphatic carbocycles.